The summed E-state index contributed by atoms with van der Waals surface area (Å²) in [7, 11) is -4.62. The molecule has 6 rings (SSSR count). The molecule has 17 heteroatoms. The van der Waals surface area contributed by atoms with Crippen LogP contribution in [0.3, 0.4) is 0 Å². The van der Waals surface area contributed by atoms with Crippen molar-refractivity contribution in [1.29, 1.82) is 0 Å². The number of aromatic nitrogens is 3. The number of pyridine rings is 1. The Bertz CT molecular complexity index is 1980. The zero-order chi connectivity index (χ0) is 33.0. The molecule has 1 saturated heterocycles. The van der Waals surface area contributed by atoms with Crippen molar-refractivity contribution >= 4 is 44.5 Å². The lowest BCUT2D eigenvalue weighted by Crippen LogP contribution is -2.44. The molecule has 4 aromatic rings. The monoisotopic (exact) mass is 686 g/mol. The lowest BCUT2D eigenvalue weighted by atomic mass is 9.87. The quantitative estimate of drug-likeness (QED) is 0.144. The van der Waals surface area contributed by atoms with Crippen molar-refractivity contribution in [3.63, 3.8) is 0 Å². The fourth-order valence-electron chi connectivity index (χ4n) is 5.64. The van der Waals surface area contributed by atoms with Gasteiger partial charge in [-0.2, -0.15) is 8.81 Å². The summed E-state index contributed by atoms with van der Waals surface area (Å²) in [5, 5.41) is 5.90. The van der Waals surface area contributed by atoms with E-state index in [1.54, 1.807) is 6.07 Å². The van der Waals surface area contributed by atoms with Crippen molar-refractivity contribution in [2.45, 2.75) is 49.2 Å². The van der Waals surface area contributed by atoms with Crippen LogP contribution >= 0.6 is 11.8 Å². The SMILES string of the molecule is O=c1c(-c2cc(F)c(N(Cl)S(=O)(=O)Cc3ccccc3)c(F)c2F)cc2cnc(N[C@@H]3CNC[C@@H](F)C3)nc2n1C1CC(F)(F)C1. The van der Waals surface area contributed by atoms with Crippen molar-refractivity contribution in [3.8, 4) is 11.1 Å². The molecule has 0 bridgehead atoms. The van der Waals surface area contributed by atoms with Crippen molar-refractivity contribution in [2.24, 2.45) is 0 Å². The molecular formula is C29H25ClF6N6O3S. The van der Waals surface area contributed by atoms with Gasteiger partial charge in [-0.25, -0.2) is 39.7 Å². The fourth-order valence-corrected chi connectivity index (χ4v) is 7.11. The van der Waals surface area contributed by atoms with Crippen LogP contribution in [0.2, 0.25) is 0 Å². The first-order chi connectivity index (χ1) is 21.7. The second-order valence-electron chi connectivity index (χ2n) is 11.3. The minimum atomic E-state index is -4.62. The van der Waals surface area contributed by atoms with Crippen molar-refractivity contribution in [2.75, 3.05) is 22.2 Å². The number of fused-ring (bicyclic) bond motifs is 1. The minimum Gasteiger partial charge on any atom is -0.350 e. The average molecular weight is 687 g/mol. The minimum absolute atomic E-state index is 0.0214. The molecule has 2 aliphatic rings. The lowest BCUT2D eigenvalue weighted by Gasteiger charge is -2.36. The van der Waals surface area contributed by atoms with Gasteiger partial charge in [-0.1, -0.05) is 30.3 Å². The Morgan fingerprint density at radius 2 is 1.78 bits per heavy atom. The second-order valence-corrected chi connectivity index (χ2v) is 13.7. The number of nitrogens with one attached hydrogen (secondary N) is 2. The standard InChI is InChI=1S/C29H25ClF6N6O3S/c30-42(46(44,45)14-15-4-2-1-3-5-15)25-22(32)8-20(23(33)24(25)34)21-6-16-11-38-28(39-18-7-17(31)12-37-13-18)40-26(16)41(27(21)43)19-9-29(35,36)10-19/h1-6,8,11,17-19,37H,7,9-10,12-14H2,(H,38,39,40)/t17-,18-/m0/s1. The molecule has 0 radical (unpaired) electrons. The first-order valence-corrected chi connectivity index (χ1v) is 16.0. The maximum absolute atomic E-state index is 15.6. The number of sulfonamides is 1. The van der Waals surface area contributed by atoms with E-state index in [-0.39, 0.29) is 39.3 Å². The third kappa shape index (κ3) is 6.12. The summed E-state index contributed by atoms with van der Waals surface area (Å²) < 4.78 is 115. The number of alkyl halides is 3. The zero-order valence-corrected chi connectivity index (χ0v) is 25.2. The van der Waals surface area contributed by atoms with Crippen molar-refractivity contribution in [1.82, 2.24) is 19.9 Å². The van der Waals surface area contributed by atoms with Crippen LogP contribution < -0.4 is 20.0 Å². The van der Waals surface area contributed by atoms with Gasteiger partial charge in [-0.15, -0.1) is 0 Å². The van der Waals surface area contributed by atoms with Crippen molar-refractivity contribution < 1.29 is 34.8 Å². The largest absolute Gasteiger partial charge is 0.350 e. The molecule has 2 aromatic carbocycles. The van der Waals surface area contributed by atoms with Gasteiger partial charge in [0.25, 0.3) is 21.5 Å². The summed E-state index contributed by atoms with van der Waals surface area (Å²) >= 11 is 5.87. The molecule has 0 unspecified atom stereocenters. The van der Waals surface area contributed by atoms with E-state index in [0.29, 0.717) is 12.6 Å². The molecular weight excluding hydrogens is 662 g/mol. The van der Waals surface area contributed by atoms with Crippen molar-refractivity contribution in [3.05, 3.63) is 82.0 Å². The summed E-state index contributed by atoms with van der Waals surface area (Å²) in [6, 6.07) is 7.53. The molecule has 1 aliphatic heterocycles. The topological polar surface area (TPSA) is 109 Å². The van der Waals surface area contributed by atoms with Crippen LogP contribution in [-0.4, -0.2) is 54.2 Å². The Kier molecular flexibility index (Phi) is 8.39. The van der Waals surface area contributed by atoms with E-state index in [9.17, 15) is 26.4 Å². The molecule has 2 aromatic heterocycles. The predicted octanol–water partition coefficient (Wildman–Crippen LogP) is 5.45. The zero-order valence-electron chi connectivity index (χ0n) is 23.7. The van der Waals surface area contributed by atoms with E-state index in [0.717, 1.165) is 10.6 Å². The highest BCUT2D eigenvalue weighted by Gasteiger charge is 2.47. The summed E-state index contributed by atoms with van der Waals surface area (Å²) in [6.07, 6.45) is -1.27. The highest BCUT2D eigenvalue weighted by Crippen LogP contribution is 2.46. The molecule has 46 heavy (non-hydrogen) atoms. The van der Waals surface area contributed by atoms with Gasteiger partial charge in [-0.05, 0) is 17.7 Å². The Labute approximate surface area is 263 Å². The highest BCUT2D eigenvalue weighted by molar-refractivity contribution is 7.93. The van der Waals surface area contributed by atoms with E-state index in [4.69, 9.17) is 11.8 Å². The molecule has 9 nitrogen and oxygen atoms in total. The van der Waals surface area contributed by atoms with Crippen LogP contribution in [-0.2, 0) is 15.8 Å². The van der Waals surface area contributed by atoms with Gasteiger partial charge in [0.05, 0.1) is 17.4 Å². The Hall–Kier alpha value is -3.89. The fraction of sp³-hybridized carbons (Fsp3) is 0.345. The first kappa shape index (κ1) is 32.1. The average Bonchev–Trinajstić information content (AvgIpc) is 2.98. The maximum atomic E-state index is 15.6. The number of hydrogen-bond donors (Lipinski definition) is 2. The molecule has 3 heterocycles. The van der Waals surface area contributed by atoms with Gasteiger partial charge in [0.2, 0.25) is 5.95 Å². The third-order valence-corrected chi connectivity index (χ3v) is 10.0. The number of hydrogen-bond acceptors (Lipinski definition) is 7. The summed E-state index contributed by atoms with van der Waals surface area (Å²) in [4.78, 5) is 22.2. The van der Waals surface area contributed by atoms with Crippen LogP contribution in [0.1, 0.15) is 30.9 Å². The van der Waals surface area contributed by atoms with E-state index in [2.05, 4.69) is 20.6 Å². The smallest absolute Gasteiger partial charge is 0.260 e. The molecule has 1 aliphatic carbocycles. The lowest BCUT2D eigenvalue weighted by molar-refractivity contribution is -0.104. The van der Waals surface area contributed by atoms with Crippen LogP contribution in [0.4, 0.5) is 38.0 Å². The highest BCUT2D eigenvalue weighted by atomic mass is 35.5. The molecule has 2 fully saturated rings. The second kappa shape index (κ2) is 12.0. The number of rotatable bonds is 8. The number of anilines is 2. The molecule has 0 amide bonds. The number of nitrogens with zero attached hydrogens (tertiary/aromatic N) is 4. The number of piperidine rings is 1. The van der Waals surface area contributed by atoms with Crippen LogP contribution in [0.5, 0.6) is 0 Å². The molecule has 0 spiro atoms. The third-order valence-electron chi connectivity index (χ3n) is 7.87. The van der Waals surface area contributed by atoms with Gasteiger partial charge >= 0.3 is 0 Å². The number of benzene rings is 2. The van der Waals surface area contributed by atoms with Gasteiger partial charge in [-0.3, -0.25) is 9.36 Å². The Morgan fingerprint density at radius 3 is 2.46 bits per heavy atom. The van der Waals surface area contributed by atoms with Crippen LogP contribution in [0.25, 0.3) is 22.2 Å². The molecule has 2 atom stereocenters. The summed E-state index contributed by atoms with van der Waals surface area (Å²) in [6.45, 7) is 0.572. The normalized spacial score (nSPS) is 20.0. The number of halogens is 7. The van der Waals surface area contributed by atoms with Gasteiger partial charge in [0, 0.05) is 67.3 Å². The predicted molar refractivity (Wildman–Crippen MR) is 160 cm³/mol. The van der Waals surface area contributed by atoms with Gasteiger partial charge in [0.1, 0.15) is 17.5 Å². The Balaban J connectivity index is 1.42. The summed E-state index contributed by atoms with van der Waals surface area (Å²) in [5.74, 6) is -9.28. The molecule has 244 valence electrons. The first-order valence-electron chi connectivity index (χ1n) is 14.1. The maximum Gasteiger partial charge on any atom is 0.260 e. The van der Waals surface area contributed by atoms with E-state index in [1.807, 2.05) is 0 Å². The van der Waals surface area contributed by atoms with E-state index < -0.39 is 92.6 Å². The van der Waals surface area contributed by atoms with Gasteiger partial charge < -0.3 is 10.6 Å². The summed E-state index contributed by atoms with van der Waals surface area (Å²) in [5.41, 5.74) is -3.88. The van der Waals surface area contributed by atoms with Crippen LogP contribution in [0, 0.1) is 17.5 Å². The van der Waals surface area contributed by atoms with E-state index >= 15 is 13.2 Å². The van der Waals surface area contributed by atoms with E-state index in [1.165, 1.54) is 30.5 Å². The molecule has 2 N–H and O–H groups in total. The van der Waals surface area contributed by atoms with Gasteiger partial charge in [0.15, 0.2) is 17.5 Å². The van der Waals surface area contributed by atoms with Crippen LogP contribution in [0.15, 0.2) is 53.5 Å². The molecule has 1 saturated carbocycles. The Morgan fingerprint density at radius 1 is 1.07 bits per heavy atom.